The molecule has 0 unspecified atom stereocenters. The van der Waals surface area contributed by atoms with Crippen LogP contribution in [-0.2, 0) is 11.2 Å². The van der Waals surface area contributed by atoms with Crippen LogP contribution in [0.15, 0.2) is 23.4 Å². The lowest BCUT2D eigenvalue weighted by atomic mass is 10.0. The maximum Gasteiger partial charge on any atom is 0.224 e. The number of carbonyl (C=O) groups excluding carboxylic acids is 1. The molecule has 1 saturated carbocycles. The van der Waals surface area contributed by atoms with Crippen LogP contribution < -0.4 is 15.8 Å². The Morgan fingerprint density at radius 1 is 1.43 bits per heavy atom. The van der Waals surface area contributed by atoms with Crippen LogP contribution >= 0.6 is 0 Å². The number of nitrogens with one attached hydrogen (secondary N) is 1. The van der Waals surface area contributed by atoms with Crippen molar-refractivity contribution < 1.29 is 14.7 Å². The Labute approximate surface area is 123 Å². The van der Waals surface area contributed by atoms with Crippen molar-refractivity contribution in [1.82, 2.24) is 0 Å². The fourth-order valence-electron chi connectivity index (χ4n) is 2.65. The van der Waals surface area contributed by atoms with E-state index in [1.54, 1.807) is 0 Å². The maximum atomic E-state index is 11.3. The van der Waals surface area contributed by atoms with Crippen molar-refractivity contribution in [3.05, 3.63) is 23.8 Å². The molecule has 0 atom stereocenters. The minimum absolute atomic E-state index is 0.0143. The van der Waals surface area contributed by atoms with Crippen LogP contribution in [0.2, 0.25) is 0 Å². The van der Waals surface area contributed by atoms with E-state index in [-0.39, 0.29) is 17.2 Å². The van der Waals surface area contributed by atoms with Crippen molar-refractivity contribution >= 4 is 17.4 Å². The van der Waals surface area contributed by atoms with Gasteiger partial charge in [0.25, 0.3) is 0 Å². The molecule has 1 aliphatic heterocycles. The number of hydrogen-bond donors (Lipinski definition) is 3. The van der Waals surface area contributed by atoms with Gasteiger partial charge in [0.05, 0.1) is 6.61 Å². The van der Waals surface area contributed by atoms with Crippen molar-refractivity contribution in [3.8, 4) is 5.75 Å². The monoisotopic (exact) mass is 289 g/mol. The van der Waals surface area contributed by atoms with Crippen molar-refractivity contribution in [1.29, 1.82) is 0 Å². The van der Waals surface area contributed by atoms with E-state index < -0.39 is 0 Å². The smallest absolute Gasteiger partial charge is 0.224 e. The first-order chi connectivity index (χ1) is 10.1. The highest BCUT2D eigenvalue weighted by Crippen LogP contribution is 2.49. The number of oxime groups is 1. The summed E-state index contributed by atoms with van der Waals surface area (Å²) in [7, 11) is 0. The zero-order chi connectivity index (χ0) is 14.9. The van der Waals surface area contributed by atoms with Gasteiger partial charge in [-0.3, -0.25) is 4.79 Å². The number of aryl methyl sites for hydroxylation is 1. The molecule has 1 aromatic carbocycles. The third kappa shape index (κ3) is 3.09. The van der Waals surface area contributed by atoms with E-state index in [9.17, 15) is 4.79 Å². The van der Waals surface area contributed by atoms with Gasteiger partial charge in [-0.2, -0.15) is 0 Å². The molecule has 1 aliphatic carbocycles. The van der Waals surface area contributed by atoms with E-state index in [4.69, 9.17) is 15.7 Å². The molecule has 1 fully saturated rings. The molecule has 0 bridgehead atoms. The molecule has 6 nitrogen and oxygen atoms in total. The number of amides is 1. The molecule has 1 aromatic rings. The topological polar surface area (TPSA) is 96.9 Å². The van der Waals surface area contributed by atoms with Crippen LogP contribution in [0.4, 0.5) is 5.69 Å². The second-order valence-electron chi connectivity index (χ2n) is 5.92. The first-order valence-electron chi connectivity index (χ1n) is 7.12. The van der Waals surface area contributed by atoms with Crippen molar-refractivity contribution in [2.75, 3.05) is 11.9 Å². The Kier molecular flexibility index (Phi) is 3.45. The molecular formula is C15H19N3O3. The van der Waals surface area contributed by atoms with Gasteiger partial charge in [0.1, 0.15) is 11.6 Å². The average molecular weight is 289 g/mol. The summed E-state index contributed by atoms with van der Waals surface area (Å²) in [5.74, 6) is 1.12. The zero-order valence-corrected chi connectivity index (χ0v) is 11.8. The van der Waals surface area contributed by atoms with E-state index in [0.717, 1.165) is 36.3 Å². The second kappa shape index (κ2) is 5.27. The number of nitrogens with two attached hydrogens (primary N) is 1. The molecule has 2 aliphatic rings. The predicted molar refractivity (Wildman–Crippen MR) is 78.6 cm³/mol. The third-order valence-corrected chi connectivity index (χ3v) is 4.16. The first kappa shape index (κ1) is 13.7. The number of amidine groups is 1. The van der Waals surface area contributed by atoms with E-state index in [2.05, 4.69) is 10.5 Å². The Morgan fingerprint density at radius 3 is 2.95 bits per heavy atom. The van der Waals surface area contributed by atoms with Gasteiger partial charge in [0.2, 0.25) is 5.91 Å². The minimum Gasteiger partial charge on any atom is -0.493 e. The predicted octanol–water partition coefficient (Wildman–Crippen LogP) is 1.87. The van der Waals surface area contributed by atoms with Crippen LogP contribution in [0.5, 0.6) is 5.75 Å². The molecule has 0 saturated heterocycles. The quantitative estimate of drug-likeness (QED) is 0.333. The summed E-state index contributed by atoms with van der Waals surface area (Å²) in [5.41, 5.74) is 7.57. The summed E-state index contributed by atoms with van der Waals surface area (Å²) in [4.78, 5) is 11.3. The Morgan fingerprint density at radius 2 is 2.24 bits per heavy atom. The van der Waals surface area contributed by atoms with E-state index in [1.165, 1.54) is 0 Å². The van der Waals surface area contributed by atoms with Gasteiger partial charge >= 0.3 is 0 Å². The summed E-state index contributed by atoms with van der Waals surface area (Å²) in [6.45, 7) is 0.564. The molecule has 0 radical (unpaired) electrons. The van der Waals surface area contributed by atoms with E-state index >= 15 is 0 Å². The summed E-state index contributed by atoms with van der Waals surface area (Å²) in [6.07, 6.45) is 3.89. The highest BCUT2D eigenvalue weighted by atomic mass is 16.5. The number of ether oxygens (including phenoxy) is 1. The lowest BCUT2D eigenvalue weighted by Gasteiger charge is -2.19. The van der Waals surface area contributed by atoms with Crippen molar-refractivity contribution in [3.63, 3.8) is 0 Å². The molecule has 1 heterocycles. The molecular weight excluding hydrogens is 270 g/mol. The largest absolute Gasteiger partial charge is 0.493 e. The van der Waals surface area contributed by atoms with E-state index in [0.29, 0.717) is 19.4 Å². The SMILES string of the molecule is NC(CC1(COc2ccc3c(c2)CCC(=O)N3)CC1)=NO. The molecule has 3 rings (SSSR count). The number of carbonyl (C=O) groups is 1. The van der Waals surface area contributed by atoms with Crippen molar-refractivity contribution in [2.45, 2.75) is 32.1 Å². The van der Waals surface area contributed by atoms with Crippen LogP contribution in [0, 0.1) is 5.41 Å². The molecule has 0 spiro atoms. The Balaban J connectivity index is 1.63. The van der Waals surface area contributed by atoms with Crippen LogP contribution in [0.25, 0.3) is 0 Å². The zero-order valence-electron chi connectivity index (χ0n) is 11.8. The second-order valence-corrected chi connectivity index (χ2v) is 5.92. The van der Waals surface area contributed by atoms with Gasteiger partial charge in [-0.25, -0.2) is 0 Å². The fraction of sp³-hybridized carbons (Fsp3) is 0.467. The number of fused-ring (bicyclic) bond motifs is 1. The molecule has 21 heavy (non-hydrogen) atoms. The van der Waals surface area contributed by atoms with Gasteiger partial charge < -0.3 is 21.0 Å². The van der Waals surface area contributed by atoms with Gasteiger partial charge in [-0.05, 0) is 43.0 Å². The summed E-state index contributed by atoms with van der Waals surface area (Å²) < 4.78 is 5.87. The molecule has 0 aromatic heterocycles. The Hall–Kier alpha value is -2.24. The average Bonchev–Trinajstić information content (AvgIpc) is 3.25. The van der Waals surface area contributed by atoms with Crippen LogP contribution in [-0.4, -0.2) is 23.6 Å². The molecule has 1 amide bonds. The number of hydrogen-bond acceptors (Lipinski definition) is 4. The number of anilines is 1. The third-order valence-electron chi connectivity index (χ3n) is 4.16. The number of nitrogens with zero attached hydrogens (tertiary/aromatic N) is 1. The van der Waals surface area contributed by atoms with Gasteiger partial charge in [-0.1, -0.05) is 5.16 Å². The maximum absolute atomic E-state index is 11.3. The molecule has 112 valence electrons. The molecule has 6 heteroatoms. The Bertz CT molecular complexity index is 594. The highest BCUT2D eigenvalue weighted by Gasteiger charge is 2.44. The highest BCUT2D eigenvalue weighted by molar-refractivity contribution is 5.94. The number of benzene rings is 1. The fourth-order valence-corrected chi connectivity index (χ4v) is 2.65. The lowest BCUT2D eigenvalue weighted by molar-refractivity contribution is -0.116. The van der Waals surface area contributed by atoms with Gasteiger partial charge in [-0.15, -0.1) is 0 Å². The number of rotatable bonds is 5. The summed E-state index contributed by atoms with van der Waals surface area (Å²) in [5, 5.41) is 14.5. The van der Waals surface area contributed by atoms with E-state index in [1.807, 2.05) is 18.2 Å². The standard InChI is InChI=1S/C15H19N3O3/c16-13(18-20)8-15(5-6-15)9-21-11-2-3-12-10(7-11)1-4-14(19)17-12/h2-3,7,20H,1,4-6,8-9H2,(H2,16,18)(H,17,19). The molecule has 4 N–H and O–H groups in total. The summed E-state index contributed by atoms with van der Waals surface area (Å²) in [6, 6.07) is 5.73. The normalized spacial score (nSPS) is 19.6. The van der Waals surface area contributed by atoms with Crippen molar-refractivity contribution in [2.24, 2.45) is 16.3 Å². The lowest BCUT2D eigenvalue weighted by Crippen LogP contribution is -2.23. The first-order valence-corrected chi connectivity index (χ1v) is 7.12. The van der Waals surface area contributed by atoms with Crippen LogP contribution in [0.3, 0.4) is 0 Å². The van der Waals surface area contributed by atoms with Gasteiger partial charge in [0, 0.05) is 23.9 Å². The minimum atomic E-state index is 0.0143. The van der Waals surface area contributed by atoms with Crippen LogP contribution in [0.1, 0.15) is 31.2 Å². The van der Waals surface area contributed by atoms with Gasteiger partial charge in [0.15, 0.2) is 0 Å². The summed E-state index contributed by atoms with van der Waals surface area (Å²) >= 11 is 0.